The maximum absolute atomic E-state index is 12.6. The first-order valence-electron chi connectivity index (χ1n) is 8.97. The molecule has 0 spiro atoms. The average Bonchev–Trinajstić information content (AvgIpc) is 2.68. The number of hydrogen-bond acceptors (Lipinski definition) is 7. The molecular formula is C20H21ClN2O6. The molecule has 2 rings (SSSR count). The molecular weight excluding hydrogens is 400 g/mol. The van der Waals surface area contributed by atoms with Crippen LogP contribution in [0.4, 0.5) is 11.4 Å². The number of nitrogens with one attached hydrogen (secondary N) is 1. The van der Waals surface area contributed by atoms with Gasteiger partial charge in [0.05, 0.1) is 24.2 Å². The van der Waals surface area contributed by atoms with E-state index in [2.05, 4.69) is 5.32 Å². The summed E-state index contributed by atoms with van der Waals surface area (Å²) in [5.41, 5.74) is 0.699. The van der Waals surface area contributed by atoms with E-state index >= 15 is 0 Å². The zero-order valence-electron chi connectivity index (χ0n) is 16.0. The van der Waals surface area contributed by atoms with Crippen molar-refractivity contribution in [2.45, 2.75) is 19.9 Å². The van der Waals surface area contributed by atoms with Crippen molar-refractivity contribution in [2.24, 2.45) is 5.92 Å². The standard InChI is InChI=1S/C20H21ClN2O6/c1-3-28-19(24)17(20(25)29-4-2)18(22-15-9-6-8-14(21)12-15)13-7-5-10-16(11-13)23(26)27/h5-12,17-18,22H,3-4H2,1-2H3/t18-/m1/s1. The number of nitro benzene ring substituents is 1. The molecule has 0 aliphatic heterocycles. The van der Waals surface area contributed by atoms with Gasteiger partial charge in [0.2, 0.25) is 0 Å². The monoisotopic (exact) mass is 420 g/mol. The van der Waals surface area contributed by atoms with Gasteiger partial charge in [-0.2, -0.15) is 0 Å². The number of non-ortho nitro benzene ring substituents is 1. The van der Waals surface area contributed by atoms with Crippen molar-refractivity contribution in [1.82, 2.24) is 0 Å². The predicted octanol–water partition coefficient (Wildman–Crippen LogP) is 4.14. The molecule has 0 aliphatic rings. The molecule has 0 heterocycles. The molecule has 154 valence electrons. The largest absolute Gasteiger partial charge is 0.465 e. The highest BCUT2D eigenvalue weighted by Gasteiger charge is 2.39. The quantitative estimate of drug-likeness (QED) is 0.281. The number of esters is 2. The fourth-order valence-electron chi connectivity index (χ4n) is 2.78. The average molecular weight is 421 g/mol. The van der Waals surface area contributed by atoms with E-state index in [9.17, 15) is 19.7 Å². The minimum absolute atomic E-state index is 0.0631. The molecule has 1 atom stereocenters. The van der Waals surface area contributed by atoms with Crippen molar-refractivity contribution in [3.05, 3.63) is 69.2 Å². The number of nitro groups is 1. The lowest BCUT2D eigenvalue weighted by atomic mass is 9.92. The van der Waals surface area contributed by atoms with Gasteiger partial charge in [-0.25, -0.2) is 0 Å². The van der Waals surface area contributed by atoms with Gasteiger partial charge in [0.15, 0.2) is 5.92 Å². The molecule has 0 saturated heterocycles. The van der Waals surface area contributed by atoms with E-state index in [1.165, 1.54) is 18.2 Å². The number of nitrogens with zero attached hydrogens (tertiary/aromatic N) is 1. The molecule has 8 nitrogen and oxygen atoms in total. The molecule has 0 radical (unpaired) electrons. The maximum atomic E-state index is 12.6. The molecule has 2 aromatic rings. The Balaban J connectivity index is 2.56. The third-order valence-corrected chi connectivity index (χ3v) is 4.24. The summed E-state index contributed by atoms with van der Waals surface area (Å²) < 4.78 is 10.1. The van der Waals surface area contributed by atoms with Gasteiger partial charge in [-0.05, 0) is 37.6 Å². The summed E-state index contributed by atoms with van der Waals surface area (Å²) >= 11 is 6.03. The van der Waals surface area contributed by atoms with Crippen molar-refractivity contribution in [3.63, 3.8) is 0 Å². The summed E-state index contributed by atoms with van der Waals surface area (Å²) in [5.74, 6) is -2.97. The van der Waals surface area contributed by atoms with Crippen LogP contribution in [-0.4, -0.2) is 30.1 Å². The second-order valence-electron chi connectivity index (χ2n) is 5.97. The molecule has 29 heavy (non-hydrogen) atoms. The summed E-state index contributed by atoms with van der Waals surface area (Å²) in [5, 5.41) is 14.7. The van der Waals surface area contributed by atoms with Crippen molar-refractivity contribution >= 4 is 34.9 Å². The summed E-state index contributed by atoms with van der Waals surface area (Å²) in [6.45, 7) is 3.36. The van der Waals surface area contributed by atoms with Gasteiger partial charge in [-0.1, -0.05) is 29.8 Å². The maximum Gasteiger partial charge on any atom is 0.322 e. The number of carbonyl (C=O) groups excluding carboxylic acids is 2. The Bertz CT molecular complexity index is 871. The SMILES string of the molecule is CCOC(=O)C(C(=O)OCC)[C@H](Nc1cccc(Cl)c1)c1cccc([N+](=O)[O-])c1. The number of carbonyl (C=O) groups is 2. The van der Waals surface area contributed by atoms with Crippen LogP contribution in [0.15, 0.2) is 48.5 Å². The van der Waals surface area contributed by atoms with E-state index in [1.807, 2.05) is 0 Å². The van der Waals surface area contributed by atoms with Gasteiger partial charge in [-0.15, -0.1) is 0 Å². The van der Waals surface area contributed by atoms with Crippen molar-refractivity contribution in [2.75, 3.05) is 18.5 Å². The lowest BCUT2D eigenvalue weighted by Crippen LogP contribution is -2.36. The minimum Gasteiger partial charge on any atom is -0.465 e. The Morgan fingerprint density at radius 3 is 2.24 bits per heavy atom. The molecule has 1 N–H and O–H groups in total. The van der Waals surface area contributed by atoms with Crippen LogP contribution in [0.25, 0.3) is 0 Å². The van der Waals surface area contributed by atoms with E-state index in [1.54, 1.807) is 44.2 Å². The summed E-state index contributed by atoms with van der Waals surface area (Å²) in [4.78, 5) is 35.9. The number of halogens is 1. The lowest BCUT2D eigenvalue weighted by molar-refractivity contribution is -0.384. The van der Waals surface area contributed by atoms with Crippen LogP contribution in [-0.2, 0) is 19.1 Å². The number of ether oxygens (including phenoxy) is 2. The molecule has 0 amide bonds. The van der Waals surface area contributed by atoms with E-state index in [4.69, 9.17) is 21.1 Å². The first-order chi connectivity index (χ1) is 13.9. The smallest absolute Gasteiger partial charge is 0.322 e. The van der Waals surface area contributed by atoms with Crippen LogP contribution in [0.1, 0.15) is 25.5 Å². The van der Waals surface area contributed by atoms with Gasteiger partial charge in [0.25, 0.3) is 5.69 Å². The molecule has 9 heteroatoms. The fourth-order valence-corrected chi connectivity index (χ4v) is 2.97. The van der Waals surface area contributed by atoms with Crippen LogP contribution in [0.3, 0.4) is 0 Å². The lowest BCUT2D eigenvalue weighted by Gasteiger charge is -2.26. The van der Waals surface area contributed by atoms with E-state index in [0.717, 1.165) is 0 Å². The third-order valence-electron chi connectivity index (χ3n) is 4.00. The molecule has 0 fully saturated rings. The van der Waals surface area contributed by atoms with E-state index in [-0.39, 0.29) is 18.9 Å². The van der Waals surface area contributed by atoms with Crippen molar-refractivity contribution < 1.29 is 24.0 Å². The van der Waals surface area contributed by atoms with Gasteiger partial charge < -0.3 is 14.8 Å². The first kappa shape index (κ1) is 22.2. The van der Waals surface area contributed by atoms with Crippen LogP contribution >= 0.6 is 11.6 Å². The van der Waals surface area contributed by atoms with Crippen molar-refractivity contribution in [1.29, 1.82) is 0 Å². The second-order valence-corrected chi connectivity index (χ2v) is 6.40. The Labute approximate surface area is 172 Å². The molecule has 0 saturated carbocycles. The van der Waals surface area contributed by atoms with Gasteiger partial charge in [0, 0.05) is 22.8 Å². The molecule has 0 aliphatic carbocycles. The van der Waals surface area contributed by atoms with E-state index in [0.29, 0.717) is 16.3 Å². The molecule has 0 unspecified atom stereocenters. The number of hydrogen-bond donors (Lipinski definition) is 1. The summed E-state index contributed by atoms with van der Waals surface area (Å²) in [7, 11) is 0. The third kappa shape index (κ3) is 5.92. The number of benzene rings is 2. The van der Waals surface area contributed by atoms with Crippen molar-refractivity contribution in [3.8, 4) is 0 Å². The zero-order valence-corrected chi connectivity index (χ0v) is 16.7. The fraction of sp³-hybridized carbons (Fsp3) is 0.300. The summed E-state index contributed by atoms with van der Waals surface area (Å²) in [6.07, 6.45) is 0. The molecule has 2 aromatic carbocycles. The minimum atomic E-state index is -1.38. The van der Waals surface area contributed by atoms with E-state index < -0.39 is 28.8 Å². The Hall–Kier alpha value is -3.13. The second kappa shape index (κ2) is 10.4. The topological polar surface area (TPSA) is 108 Å². The Morgan fingerprint density at radius 1 is 1.07 bits per heavy atom. The van der Waals surface area contributed by atoms with Gasteiger partial charge in [-0.3, -0.25) is 19.7 Å². The van der Waals surface area contributed by atoms with Gasteiger partial charge in [0.1, 0.15) is 0 Å². The highest BCUT2D eigenvalue weighted by atomic mass is 35.5. The Kier molecular flexibility index (Phi) is 7.97. The predicted molar refractivity (Wildman–Crippen MR) is 108 cm³/mol. The number of rotatable bonds is 9. The zero-order chi connectivity index (χ0) is 21.4. The number of anilines is 1. The summed E-state index contributed by atoms with van der Waals surface area (Å²) in [6, 6.07) is 11.4. The highest BCUT2D eigenvalue weighted by Crippen LogP contribution is 2.32. The highest BCUT2D eigenvalue weighted by molar-refractivity contribution is 6.30. The van der Waals surface area contributed by atoms with Crippen LogP contribution in [0.5, 0.6) is 0 Å². The van der Waals surface area contributed by atoms with Crippen LogP contribution < -0.4 is 5.32 Å². The van der Waals surface area contributed by atoms with Crippen LogP contribution in [0, 0.1) is 16.0 Å². The van der Waals surface area contributed by atoms with Gasteiger partial charge >= 0.3 is 11.9 Å². The van der Waals surface area contributed by atoms with Crippen LogP contribution in [0.2, 0.25) is 5.02 Å². The molecule has 0 bridgehead atoms. The normalized spacial score (nSPS) is 11.6. The first-order valence-corrected chi connectivity index (χ1v) is 9.34. The molecule has 0 aromatic heterocycles. The Morgan fingerprint density at radius 2 is 1.69 bits per heavy atom.